The molecule has 0 atom stereocenters. The zero-order chi connectivity index (χ0) is 13.5. The molecule has 1 rings (SSSR count). The molecule has 98 valence electrons. The summed E-state index contributed by atoms with van der Waals surface area (Å²) in [7, 11) is 0. The Kier molecular flexibility index (Phi) is 5.72. The lowest BCUT2D eigenvalue weighted by Crippen LogP contribution is -2.29. The first-order valence-corrected chi connectivity index (χ1v) is 6.23. The highest BCUT2D eigenvalue weighted by atomic mass is 35.5. The van der Waals surface area contributed by atoms with Crippen molar-refractivity contribution >= 4 is 17.3 Å². The molecule has 1 aromatic carbocycles. The molecule has 0 amide bonds. The van der Waals surface area contributed by atoms with Crippen molar-refractivity contribution in [2.24, 2.45) is 0 Å². The Hall–Kier alpha value is -1.48. The van der Waals surface area contributed by atoms with Crippen molar-refractivity contribution in [1.29, 1.82) is 0 Å². The van der Waals surface area contributed by atoms with E-state index in [1.54, 1.807) is 24.4 Å². The first-order chi connectivity index (χ1) is 8.63. The Morgan fingerprint density at radius 1 is 1.56 bits per heavy atom. The third-order valence-corrected chi connectivity index (χ3v) is 2.94. The average Bonchev–Trinajstić information content (AvgIpc) is 2.38. The van der Waals surface area contributed by atoms with Crippen molar-refractivity contribution < 1.29 is 4.39 Å². The van der Waals surface area contributed by atoms with E-state index >= 15 is 0 Å². The largest absolute Gasteiger partial charge is 0.364 e. The summed E-state index contributed by atoms with van der Waals surface area (Å²) in [6, 6.07) is 5.03. The smallest absolute Gasteiger partial charge is 0.165 e. The first kappa shape index (κ1) is 14.6. The summed E-state index contributed by atoms with van der Waals surface area (Å²) < 4.78 is 13.9. The van der Waals surface area contributed by atoms with Gasteiger partial charge >= 0.3 is 0 Å². The predicted octanol–water partition coefficient (Wildman–Crippen LogP) is 3.94. The van der Waals surface area contributed by atoms with E-state index < -0.39 is 0 Å². The minimum absolute atomic E-state index is 0.143. The Bertz CT molecular complexity index is 443. The van der Waals surface area contributed by atoms with Crippen LogP contribution in [-0.2, 0) is 0 Å². The molecule has 0 saturated heterocycles. The van der Waals surface area contributed by atoms with E-state index in [0.717, 1.165) is 5.70 Å². The summed E-state index contributed by atoms with van der Waals surface area (Å²) in [5, 5.41) is 3.17. The van der Waals surface area contributed by atoms with Gasteiger partial charge in [-0.1, -0.05) is 30.3 Å². The lowest BCUT2D eigenvalue weighted by Gasteiger charge is -2.25. The summed E-state index contributed by atoms with van der Waals surface area (Å²) in [5.41, 5.74) is 1.47. The van der Waals surface area contributed by atoms with Crippen LogP contribution in [0.1, 0.15) is 13.8 Å². The van der Waals surface area contributed by atoms with Gasteiger partial charge in [0.25, 0.3) is 0 Å². The highest BCUT2D eigenvalue weighted by molar-refractivity contribution is 6.31. The summed E-state index contributed by atoms with van der Waals surface area (Å²) in [4.78, 5) is 1.91. The fraction of sp³-hybridized carbons (Fsp3) is 0.286. The number of nitrogens with zero attached hydrogens (tertiary/aromatic N) is 1. The maximum absolute atomic E-state index is 13.9. The summed E-state index contributed by atoms with van der Waals surface area (Å²) in [5.74, 6) is -0.380. The molecule has 0 aliphatic carbocycles. The lowest BCUT2D eigenvalue weighted by atomic mass is 10.2. The Morgan fingerprint density at radius 3 is 2.83 bits per heavy atom. The number of rotatable bonds is 6. The Balaban J connectivity index is 2.96. The summed E-state index contributed by atoms with van der Waals surface area (Å²) >= 11 is 5.80. The molecular weight excluding hydrogens is 251 g/mol. The molecule has 4 heteroatoms. The molecule has 1 N–H and O–H groups in total. The third kappa shape index (κ3) is 3.50. The van der Waals surface area contributed by atoms with E-state index in [2.05, 4.69) is 11.9 Å². The van der Waals surface area contributed by atoms with E-state index in [-0.39, 0.29) is 10.8 Å². The van der Waals surface area contributed by atoms with Gasteiger partial charge in [0.15, 0.2) is 5.82 Å². The van der Waals surface area contributed by atoms with Crippen LogP contribution in [0.2, 0.25) is 5.02 Å². The monoisotopic (exact) mass is 268 g/mol. The quantitative estimate of drug-likeness (QED) is 0.841. The van der Waals surface area contributed by atoms with Gasteiger partial charge in [-0.15, -0.1) is 0 Å². The first-order valence-electron chi connectivity index (χ1n) is 5.85. The number of hydrogen-bond acceptors (Lipinski definition) is 2. The van der Waals surface area contributed by atoms with Crippen molar-refractivity contribution in [3.63, 3.8) is 0 Å². The van der Waals surface area contributed by atoms with Crippen molar-refractivity contribution in [2.75, 3.05) is 18.0 Å². The van der Waals surface area contributed by atoms with Crippen molar-refractivity contribution in [3.8, 4) is 0 Å². The molecule has 0 aliphatic heterocycles. The van der Waals surface area contributed by atoms with Gasteiger partial charge in [-0.2, -0.15) is 0 Å². The zero-order valence-corrected chi connectivity index (χ0v) is 11.5. The molecule has 0 bridgehead atoms. The van der Waals surface area contributed by atoms with Gasteiger partial charge in [-0.05, 0) is 32.2 Å². The number of hydrogen-bond donors (Lipinski definition) is 1. The number of halogens is 2. The van der Waals surface area contributed by atoms with E-state index in [9.17, 15) is 4.39 Å². The lowest BCUT2D eigenvalue weighted by molar-refractivity contribution is 0.620. The molecule has 0 spiro atoms. The van der Waals surface area contributed by atoms with Crippen molar-refractivity contribution in [1.82, 2.24) is 5.32 Å². The molecule has 0 unspecified atom stereocenters. The fourth-order valence-electron chi connectivity index (χ4n) is 1.66. The van der Waals surface area contributed by atoms with Crippen LogP contribution in [0.25, 0.3) is 0 Å². The van der Waals surface area contributed by atoms with Crippen LogP contribution in [0.3, 0.4) is 0 Å². The average molecular weight is 269 g/mol. The van der Waals surface area contributed by atoms with Crippen molar-refractivity contribution in [3.05, 3.63) is 53.6 Å². The molecule has 1 aromatic rings. The molecule has 0 aliphatic rings. The van der Waals surface area contributed by atoms with Crippen LogP contribution in [0.5, 0.6) is 0 Å². The highest BCUT2D eigenvalue weighted by Crippen LogP contribution is 2.25. The van der Waals surface area contributed by atoms with Crippen LogP contribution in [0.15, 0.2) is 42.8 Å². The maximum Gasteiger partial charge on any atom is 0.165 e. The second kappa shape index (κ2) is 7.07. The Morgan fingerprint density at radius 2 is 2.28 bits per heavy atom. The van der Waals surface area contributed by atoms with Gasteiger partial charge < -0.3 is 10.2 Å². The number of nitrogens with one attached hydrogen (secondary N) is 1. The molecule has 0 saturated carbocycles. The van der Waals surface area contributed by atoms with E-state index in [4.69, 9.17) is 11.6 Å². The zero-order valence-electron chi connectivity index (χ0n) is 10.7. The second-order valence-corrected chi connectivity index (χ2v) is 4.16. The molecule has 18 heavy (non-hydrogen) atoms. The summed E-state index contributed by atoms with van der Waals surface area (Å²) in [6.45, 7) is 8.79. The van der Waals surface area contributed by atoms with Crippen LogP contribution in [-0.4, -0.2) is 13.1 Å². The standard InChI is InChI=1S/C14H18ClFN2/c1-4-11(17-5-2)10-18(6-3)13-9-7-8-12(15)14(13)16/h4-5,7-9,17H,2,6,10H2,1,3H3/b11-4-. The van der Waals surface area contributed by atoms with Crippen molar-refractivity contribution in [2.45, 2.75) is 13.8 Å². The van der Waals surface area contributed by atoms with Gasteiger partial charge in [0.2, 0.25) is 0 Å². The number of anilines is 1. The maximum atomic E-state index is 13.9. The minimum atomic E-state index is -0.380. The number of benzene rings is 1. The van der Waals surface area contributed by atoms with E-state index in [1.165, 1.54) is 0 Å². The molecule has 0 heterocycles. The molecule has 0 radical (unpaired) electrons. The Labute approximate surface area is 113 Å². The second-order valence-electron chi connectivity index (χ2n) is 3.75. The van der Waals surface area contributed by atoms with Crippen LogP contribution in [0.4, 0.5) is 10.1 Å². The molecule has 0 aromatic heterocycles. The van der Waals surface area contributed by atoms with Crippen LogP contribution >= 0.6 is 11.6 Å². The number of allylic oxidation sites excluding steroid dienone is 1. The SMILES string of the molecule is C=CN/C(=C\C)CN(CC)c1cccc(Cl)c1F. The van der Waals surface area contributed by atoms with Gasteiger partial charge in [0.05, 0.1) is 17.3 Å². The topological polar surface area (TPSA) is 15.3 Å². The van der Waals surface area contributed by atoms with Crippen LogP contribution in [0, 0.1) is 5.82 Å². The van der Waals surface area contributed by atoms with E-state index in [0.29, 0.717) is 18.8 Å². The molecule has 2 nitrogen and oxygen atoms in total. The highest BCUT2D eigenvalue weighted by Gasteiger charge is 2.13. The van der Waals surface area contributed by atoms with Gasteiger partial charge in [0.1, 0.15) is 0 Å². The van der Waals surface area contributed by atoms with Gasteiger partial charge in [-0.3, -0.25) is 0 Å². The third-order valence-electron chi connectivity index (χ3n) is 2.65. The van der Waals surface area contributed by atoms with Crippen LogP contribution < -0.4 is 10.2 Å². The minimum Gasteiger partial charge on any atom is -0.364 e. The fourth-order valence-corrected chi connectivity index (χ4v) is 1.83. The van der Waals surface area contributed by atoms with E-state index in [1.807, 2.05) is 24.8 Å². The molecular formula is C14H18ClFN2. The summed E-state index contributed by atoms with van der Waals surface area (Å²) in [6.07, 6.45) is 3.55. The van der Waals surface area contributed by atoms with Gasteiger partial charge in [0, 0.05) is 12.2 Å². The van der Waals surface area contributed by atoms with Gasteiger partial charge in [-0.25, -0.2) is 4.39 Å². The predicted molar refractivity (Wildman–Crippen MR) is 76.4 cm³/mol. The number of likely N-dealkylation sites (N-methyl/N-ethyl adjacent to an activating group) is 1. The normalized spacial score (nSPS) is 11.2. The molecule has 0 fully saturated rings.